The van der Waals surface area contributed by atoms with E-state index in [2.05, 4.69) is 12.1 Å². The van der Waals surface area contributed by atoms with Gasteiger partial charge in [0.1, 0.15) is 0 Å². The van der Waals surface area contributed by atoms with Crippen LogP contribution in [-0.2, 0) is 5.41 Å². The lowest BCUT2D eigenvalue weighted by atomic mass is 9.80. The maximum absolute atomic E-state index is 10.4. The van der Waals surface area contributed by atoms with Gasteiger partial charge in [-0.15, -0.1) is 10.9 Å². The van der Waals surface area contributed by atoms with Gasteiger partial charge in [0.05, 0.1) is 17.6 Å². The molecule has 1 unspecified atom stereocenters. The van der Waals surface area contributed by atoms with Crippen molar-refractivity contribution in [2.75, 3.05) is 0 Å². The molecule has 0 aliphatic carbocycles. The van der Waals surface area contributed by atoms with Crippen LogP contribution in [0.1, 0.15) is 26.3 Å². The second-order valence-corrected chi connectivity index (χ2v) is 5.58. The van der Waals surface area contributed by atoms with Gasteiger partial charge in [-0.1, -0.05) is 13.8 Å². The minimum absolute atomic E-state index is 0.00447. The summed E-state index contributed by atoms with van der Waals surface area (Å²) in [5, 5.41) is 39.6. The first kappa shape index (κ1) is 12.7. The lowest BCUT2D eigenvalue weighted by molar-refractivity contribution is 0.185. The molecule has 5 heteroatoms. The highest BCUT2D eigenvalue weighted by molar-refractivity contribution is 5.98. The van der Waals surface area contributed by atoms with Gasteiger partial charge in [-0.25, -0.2) is 12.1 Å². The number of ether oxygens (including phenoxy) is 1. The quantitative estimate of drug-likeness (QED) is 0.437. The van der Waals surface area contributed by atoms with Crippen molar-refractivity contribution < 1.29 is 25.2 Å². The van der Waals surface area contributed by atoms with Gasteiger partial charge in [0, 0.05) is 0 Å². The van der Waals surface area contributed by atoms with Gasteiger partial charge in [0.25, 0.3) is 0 Å². The molecule has 0 amide bonds. The van der Waals surface area contributed by atoms with Crippen molar-refractivity contribution in [3.63, 3.8) is 0 Å². The summed E-state index contributed by atoms with van der Waals surface area (Å²) in [6, 6.07) is 5.34. The number of fused-ring (bicyclic) bond motifs is 2. The van der Waals surface area contributed by atoms with Crippen molar-refractivity contribution in [2.24, 2.45) is 0 Å². The van der Waals surface area contributed by atoms with Crippen molar-refractivity contribution in [1.82, 2.24) is 0 Å². The highest BCUT2D eigenvalue weighted by Crippen LogP contribution is 2.53. The molecule has 0 aromatic heterocycles. The predicted octanol–water partition coefficient (Wildman–Crippen LogP) is 2.32. The van der Waals surface area contributed by atoms with Crippen LogP contribution in [0.15, 0.2) is 0 Å². The molecule has 1 aliphatic heterocycles. The third-order valence-corrected chi connectivity index (χ3v) is 4.07. The van der Waals surface area contributed by atoms with E-state index in [1.54, 1.807) is 0 Å². The zero-order chi connectivity index (χ0) is 14.8. The fourth-order valence-corrected chi connectivity index (χ4v) is 2.54. The van der Waals surface area contributed by atoms with Crippen molar-refractivity contribution in [1.29, 1.82) is 0 Å². The fraction of sp³-hybridized carbons (Fsp3) is 0.333. The number of phenolic OH excluding ortho intramolecular Hbond substituents is 4. The summed E-state index contributed by atoms with van der Waals surface area (Å²) in [6.07, 6.45) is -0.180. The van der Waals surface area contributed by atoms with E-state index in [1.807, 2.05) is 20.8 Å². The van der Waals surface area contributed by atoms with Crippen LogP contribution in [0.4, 0.5) is 0 Å². The first-order valence-electron chi connectivity index (χ1n) is 6.20. The number of phenols is 4. The van der Waals surface area contributed by atoms with Gasteiger partial charge in [0.15, 0.2) is 5.75 Å². The molecule has 2 aromatic carbocycles. The number of rotatable bonds is 0. The first-order chi connectivity index (χ1) is 9.25. The highest BCUT2D eigenvalue weighted by Gasteiger charge is 2.33. The summed E-state index contributed by atoms with van der Waals surface area (Å²) in [5.41, 5.74) is 0.0515. The molecule has 3 rings (SSSR count). The molecule has 20 heavy (non-hydrogen) atoms. The van der Waals surface area contributed by atoms with Crippen LogP contribution in [0.5, 0.6) is 28.7 Å². The molecule has 0 radical (unpaired) electrons. The lowest BCUT2D eigenvalue weighted by Crippen LogP contribution is -2.28. The van der Waals surface area contributed by atoms with Crippen molar-refractivity contribution in [3.8, 4) is 28.7 Å². The van der Waals surface area contributed by atoms with E-state index < -0.39 is 22.7 Å². The Morgan fingerprint density at radius 3 is 2.30 bits per heavy atom. The van der Waals surface area contributed by atoms with Crippen LogP contribution in [0.3, 0.4) is 0 Å². The zero-order valence-corrected chi connectivity index (χ0v) is 11.3. The summed E-state index contributed by atoms with van der Waals surface area (Å²) in [6.45, 7) is 5.68. The molecule has 106 valence electrons. The molecule has 1 aliphatic rings. The van der Waals surface area contributed by atoms with Gasteiger partial charge >= 0.3 is 0 Å². The summed E-state index contributed by atoms with van der Waals surface area (Å²) < 4.78 is 5.66. The lowest BCUT2D eigenvalue weighted by Gasteiger charge is -2.32. The number of hydrogen-bond acceptors (Lipinski definition) is 5. The SMILES string of the molecule is CC1Oc2[c-]c3[c-]c(O)c(O)c(O)c3c(O)c2C1(C)C. The van der Waals surface area contributed by atoms with Gasteiger partial charge in [-0.05, 0) is 23.8 Å². The molecule has 1 heterocycles. The second-order valence-electron chi connectivity index (χ2n) is 5.58. The van der Waals surface area contributed by atoms with E-state index in [1.165, 1.54) is 0 Å². The summed E-state index contributed by atoms with van der Waals surface area (Å²) >= 11 is 0. The monoisotopic (exact) mass is 274 g/mol. The maximum atomic E-state index is 10.4. The van der Waals surface area contributed by atoms with Crippen LogP contribution in [0.2, 0.25) is 0 Å². The molecule has 4 N–H and O–H groups in total. The first-order valence-corrected chi connectivity index (χ1v) is 6.20. The van der Waals surface area contributed by atoms with Crippen molar-refractivity contribution in [3.05, 3.63) is 17.7 Å². The molecule has 0 spiro atoms. The maximum Gasteiger partial charge on any atom is 0.161 e. The Morgan fingerprint density at radius 2 is 1.65 bits per heavy atom. The zero-order valence-electron chi connectivity index (χ0n) is 11.3. The molecular weight excluding hydrogens is 260 g/mol. The molecule has 0 saturated heterocycles. The van der Waals surface area contributed by atoms with Gasteiger partial charge < -0.3 is 25.2 Å². The average molecular weight is 274 g/mol. The Labute approximate surface area is 115 Å². The average Bonchev–Trinajstić information content (AvgIpc) is 2.57. The van der Waals surface area contributed by atoms with E-state index in [4.69, 9.17) is 4.74 Å². The Kier molecular flexibility index (Phi) is 2.31. The largest absolute Gasteiger partial charge is 0.544 e. The van der Waals surface area contributed by atoms with Crippen LogP contribution in [-0.4, -0.2) is 26.5 Å². The molecular formula is C15H14O5-2. The highest BCUT2D eigenvalue weighted by atomic mass is 16.5. The Hall–Kier alpha value is -2.30. The smallest absolute Gasteiger partial charge is 0.161 e. The number of benzene rings is 2. The minimum atomic E-state index is -0.717. The normalized spacial score (nSPS) is 19.9. The Bertz CT molecular complexity index is 733. The fourth-order valence-electron chi connectivity index (χ4n) is 2.54. The second kappa shape index (κ2) is 3.62. The van der Waals surface area contributed by atoms with Crippen LogP contribution in [0, 0.1) is 12.1 Å². The Morgan fingerprint density at radius 1 is 1.00 bits per heavy atom. The van der Waals surface area contributed by atoms with E-state index in [-0.39, 0.29) is 22.6 Å². The van der Waals surface area contributed by atoms with Gasteiger partial charge in [-0.2, -0.15) is 0 Å². The van der Waals surface area contributed by atoms with E-state index in [9.17, 15) is 20.4 Å². The molecule has 0 fully saturated rings. The van der Waals surface area contributed by atoms with Crippen molar-refractivity contribution >= 4 is 10.8 Å². The summed E-state index contributed by atoms with van der Waals surface area (Å²) in [7, 11) is 0. The number of aromatic hydroxyl groups is 4. The summed E-state index contributed by atoms with van der Waals surface area (Å²) in [5.74, 6) is -1.73. The predicted molar refractivity (Wildman–Crippen MR) is 71.4 cm³/mol. The molecule has 0 saturated carbocycles. The molecule has 1 atom stereocenters. The minimum Gasteiger partial charge on any atom is -0.544 e. The molecule has 0 bridgehead atoms. The molecule has 5 nitrogen and oxygen atoms in total. The topological polar surface area (TPSA) is 90.2 Å². The third-order valence-electron chi connectivity index (χ3n) is 4.07. The molecule has 2 aromatic rings. The summed E-state index contributed by atoms with van der Waals surface area (Å²) in [4.78, 5) is 0. The van der Waals surface area contributed by atoms with E-state index in [0.717, 1.165) is 0 Å². The standard InChI is InChI=1S/C15H14O5/c1-6-15(2,3)11-9(20-6)5-7-4-8(16)12(17)14(19)10(7)13(11)18/h6,16-19H,1-3H3/q-2. The van der Waals surface area contributed by atoms with Crippen molar-refractivity contribution in [2.45, 2.75) is 32.3 Å². The van der Waals surface area contributed by atoms with Crippen LogP contribution < -0.4 is 4.74 Å². The van der Waals surface area contributed by atoms with Gasteiger partial charge in [0.2, 0.25) is 0 Å². The van der Waals surface area contributed by atoms with E-state index >= 15 is 0 Å². The van der Waals surface area contributed by atoms with E-state index in [0.29, 0.717) is 11.3 Å². The van der Waals surface area contributed by atoms with Gasteiger partial charge in [-0.3, -0.25) is 5.39 Å². The van der Waals surface area contributed by atoms with Crippen LogP contribution in [0.25, 0.3) is 10.8 Å². The Balaban J connectivity index is 2.46. The van der Waals surface area contributed by atoms with Crippen LogP contribution >= 0.6 is 0 Å². The third kappa shape index (κ3) is 1.37. The number of hydrogen-bond donors (Lipinski definition) is 4.